The highest BCUT2D eigenvalue weighted by atomic mass is 16.3. The van der Waals surface area contributed by atoms with E-state index in [1.54, 1.807) is 18.2 Å². The van der Waals surface area contributed by atoms with Crippen molar-refractivity contribution in [2.24, 2.45) is 5.92 Å². The lowest BCUT2D eigenvalue weighted by molar-refractivity contribution is 0.0545. The fourth-order valence-corrected chi connectivity index (χ4v) is 3.59. The number of piperidine rings is 1. The van der Waals surface area contributed by atoms with Gasteiger partial charge in [-0.25, -0.2) is 0 Å². The van der Waals surface area contributed by atoms with Crippen LogP contribution in [0.1, 0.15) is 42.5 Å². The van der Waals surface area contributed by atoms with Gasteiger partial charge in [0.15, 0.2) is 5.75 Å². The number of amides is 1. The van der Waals surface area contributed by atoms with E-state index >= 15 is 0 Å². The first-order valence-corrected chi connectivity index (χ1v) is 7.07. The second kappa shape index (κ2) is 4.76. The molecule has 3 rings (SSSR count). The zero-order valence-corrected chi connectivity index (χ0v) is 11.0. The van der Waals surface area contributed by atoms with Crippen LogP contribution in [0.5, 0.6) is 5.75 Å². The Labute approximate surface area is 113 Å². The molecule has 0 aromatic heterocycles. The van der Waals surface area contributed by atoms with Crippen molar-refractivity contribution in [3.05, 3.63) is 23.8 Å². The van der Waals surface area contributed by atoms with Crippen molar-refractivity contribution in [2.75, 3.05) is 12.3 Å². The Morgan fingerprint density at radius 1 is 1.26 bits per heavy atom. The van der Waals surface area contributed by atoms with Crippen LogP contribution in [-0.2, 0) is 0 Å². The lowest BCUT2D eigenvalue weighted by Crippen LogP contribution is -2.46. The molecule has 1 aliphatic heterocycles. The average molecular weight is 260 g/mol. The standard InChI is InChI=1S/C15H20N2O2/c16-12-7-2-6-11(14(12)18)15(19)17-9-3-5-10-4-1-8-13(10)17/h2,6-7,10,13,18H,1,3-5,8-9,16H2. The Hall–Kier alpha value is -1.71. The predicted octanol–water partition coefficient (Wildman–Crippen LogP) is 2.38. The fraction of sp³-hybridized carbons (Fsp3) is 0.533. The van der Waals surface area contributed by atoms with Crippen LogP contribution < -0.4 is 5.73 Å². The molecule has 0 spiro atoms. The molecule has 2 fully saturated rings. The minimum atomic E-state index is -0.0763. The molecule has 1 aliphatic carbocycles. The minimum absolute atomic E-state index is 0.0681. The maximum atomic E-state index is 12.6. The van der Waals surface area contributed by atoms with Crippen molar-refractivity contribution in [1.29, 1.82) is 0 Å². The fourth-order valence-electron chi connectivity index (χ4n) is 3.59. The molecule has 1 saturated carbocycles. The second-order valence-electron chi connectivity index (χ2n) is 5.64. The molecule has 1 saturated heterocycles. The van der Waals surface area contributed by atoms with Crippen LogP contribution in [0.2, 0.25) is 0 Å². The molecule has 3 N–H and O–H groups in total. The van der Waals surface area contributed by atoms with Crippen LogP contribution in [0.4, 0.5) is 5.69 Å². The summed E-state index contributed by atoms with van der Waals surface area (Å²) >= 11 is 0. The number of nitrogens with zero attached hydrogens (tertiary/aromatic N) is 1. The Morgan fingerprint density at radius 3 is 2.89 bits per heavy atom. The van der Waals surface area contributed by atoms with Gasteiger partial charge in [-0.05, 0) is 43.7 Å². The van der Waals surface area contributed by atoms with Crippen molar-refractivity contribution >= 4 is 11.6 Å². The first kappa shape index (κ1) is 12.3. The van der Waals surface area contributed by atoms with E-state index in [1.807, 2.05) is 4.90 Å². The van der Waals surface area contributed by atoms with Gasteiger partial charge in [-0.15, -0.1) is 0 Å². The number of phenols is 1. The van der Waals surface area contributed by atoms with Crippen LogP contribution >= 0.6 is 0 Å². The molecule has 19 heavy (non-hydrogen) atoms. The molecule has 1 amide bonds. The molecule has 1 heterocycles. The highest BCUT2D eigenvalue weighted by Gasteiger charge is 2.38. The molecule has 4 heteroatoms. The minimum Gasteiger partial charge on any atom is -0.505 e. The van der Waals surface area contributed by atoms with Gasteiger partial charge in [0.1, 0.15) is 0 Å². The Kier molecular flexibility index (Phi) is 3.09. The summed E-state index contributed by atoms with van der Waals surface area (Å²) in [5.41, 5.74) is 6.28. The van der Waals surface area contributed by atoms with Gasteiger partial charge in [0.05, 0.1) is 11.3 Å². The maximum absolute atomic E-state index is 12.6. The summed E-state index contributed by atoms with van der Waals surface area (Å²) in [6.07, 6.45) is 5.84. The molecule has 2 atom stereocenters. The maximum Gasteiger partial charge on any atom is 0.257 e. The van der Waals surface area contributed by atoms with Crippen LogP contribution in [-0.4, -0.2) is 28.5 Å². The lowest BCUT2D eigenvalue weighted by Gasteiger charge is -2.38. The SMILES string of the molecule is Nc1cccc(C(=O)N2CCCC3CCCC32)c1O. The zero-order valence-electron chi connectivity index (χ0n) is 11.0. The van der Waals surface area contributed by atoms with E-state index in [0.717, 1.165) is 19.4 Å². The number of carbonyl (C=O) groups is 1. The van der Waals surface area contributed by atoms with Crippen LogP contribution in [0.3, 0.4) is 0 Å². The Bertz CT molecular complexity index is 501. The van der Waals surface area contributed by atoms with E-state index in [9.17, 15) is 9.90 Å². The van der Waals surface area contributed by atoms with Crippen molar-refractivity contribution in [1.82, 2.24) is 4.90 Å². The number of hydrogen-bond donors (Lipinski definition) is 2. The Morgan fingerprint density at radius 2 is 2.05 bits per heavy atom. The molecule has 2 aliphatic rings. The number of anilines is 1. The van der Waals surface area contributed by atoms with Crippen molar-refractivity contribution < 1.29 is 9.90 Å². The number of phenolic OH excluding ortho intramolecular Hbond substituents is 1. The molecule has 4 nitrogen and oxygen atoms in total. The molecular formula is C15H20N2O2. The number of carbonyl (C=O) groups excluding carboxylic acids is 1. The third kappa shape index (κ3) is 2.05. The van der Waals surface area contributed by atoms with Crippen molar-refractivity contribution in [2.45, 2.75) is 38.1 Å². The number of fused-ring (bicyclic) bond motifs is 1. The summed E-state index contributed by atoms with van der Waals surface area (Å²) in [4.78, 5) is 14.6. The monoisotopic (exact) mass is 260 g/mol. The van der Waals surface area contributed by atoms with Crippen molar-refractivity contribution in [3.8, 4) is 5.75 Å². The molecule has 102 valence electrons. The molecule has 1 aromatic carbocycles. The third-order valence-corrected chi connectivity index (χ3v) is 4.55. The number of hydrogen-bond acceptors (Lipinski definition) is 3. The van der Waals surface area contributed by atoms with E-state index in [4.69, 9.17) is 5.73 Å². The molecular weight excluding hydrogens is 240 g/mol. The summed E-state index contributed by atoms with van der Waals surface area (Å²) in [6, 6.07) is 5.35. The number of para-hydroxylation sites is 1. The highest BCUT2D eigenvalue weighted by Crippen LogP contribution is 2.38. The van der Waals surface area contributed by atoms with Gasteiger partial charge >= 0.3 is 0 Å². The quantitative estimate of drug-likeness (QED) is 0.602. The van der Waals surface area contributed by atoms with Gasteiger partial charge in [-0.3, -0.25) is 4.79 Å². The van der Waals surface area contributed by atoms with Gasteiger partial charge < -0.3 is 15.7 Å². The number of rotatable bonds is 1. The zero-order chi connectivity index (χ0) is 13.4. The van der Waals surface area contributed by atoms with E-state index in [-0.39, 0.29) is 17.3 Å². The van der Waals surface area contributed by atoms with Crippen LogP contribution in [0.25, 0.3) is 0 Å². The number of likely N-dealkylation sites (tertiary alicyclic amines) is 1. The average Bonchev–Trinajstić information content (AvgIpc) is 2.89. The van der Waals surface area contributed by atoms with E-state index in [1.165, 1.54) is 19.3 Å². The van der Waals surface area contributed by atoms with Gasteiger partial charge in [0.25, 0.3) is 5.91 Å². The first-order chi connectivity index (χ1) is 9.18. The topological polar surface area (TPSA) is 66.6 Å². The van der Waals surface area contributed by atoms with Crippen LogP contribution in [0, 0.1) is 5.92 Å². The van der Waals surface area contributed by atoms with Gasteiger partial charge in [-0.1, -0.05) is 12.5 Å². The van der Waals surface area contributed by atoms with Crippen molar-refractivity contribution in [3.63, 3.8) is 0 Å². The molecule has 0 radical (unpaired) electrons. The Balaban J connectivity index is 1.88. The van der Waals surface area contributed by atoms with Gasteiger partial charge in [0.2, 0.25) is 0 Å². The van der Waals surface area contributed by atoms with E-state index < -0.39 is 0 Å². The smallest absolute Gasteiger partial charge is 0.257 e. The predicted molar refractivity (Wildman–Crippen MR) is 73.9 cm³/mol. The summed E-state index contributed by atoms with van der Waals surface area (Å²) in [5, 5.41) is 9.97. The summed E-state index contributed by atoms with van der Waals surface area (Å²) in [6.45, 7) is 0.800. The van der Waals surface area contributed by atoms with Crippen LogP contribution in [0.15, 0.2) is 18.2 Å². The third-order valence-electron chi connectivity index (χ3n) is 4.55. The number of nitrogen functional groups attached to an aromatic ring is 1. The largest absolute Gasteiger partial charge is 0.505 e. The summed E-state index contributed by atoms with van der Waals surface area (Å²) in [7, 11) is 0. The highest BCUT2D eigenvalue weighted by molar-refractivity contribution is 5.98. The van der Waals surface area contributed by atoms with E-state index in [2.05, 4.69) is 0 Å². The van der Waals surface area contributed by atoms with Gasteiger partial charge in [-0.2, -0.15) is 0 Å². The first-order valence-electron chi connectivity index (χ1n) is 7.07. The molecule has 1 aromatic rings. The number of benzene rings is 1. The number of aromatic hydroxyl groups is 1. The summed E-state index contributed by atoms with van der Waals surface area (Å²) < 4.78 is 0. The van der Waals surface area contributed by atoms with Gasteiger partial charge in [0, 0.05) is 12.6 Å². The molecule has 0 bridgehead atoms. The second-order valence-corrected chi connectivity index (χ2v) is 5.64. The summed E-state index contributed by atoms with van der Waals surface area (Å²) in [5.74, 6) is 0.509. The number of nitrogens with two attached hydrogens (primary N) is 1. The lowest BCUT2D eigenvalue weighted by atomic mass is 9.91. The van der Waals surface area contributed by atoms with E-state index in [0.29, 0.717) is 17.5 Å². The normalized spacial score (nSPS) is 26.2. The molecule has 2 unspecified atom stereocenters.